The molecule has 0 N–H and O–H groups in total. The van der Waals surface area contributed by atoms with Crippen molar-refractivity contribution < 1.29 is 28.5 Å². The van der Waals surface area contributed by atoms with Gasteiger partial charge in [0, 0.05) is 18.4 Å². The lowest BCUT2D eigenvalue weighted by Crippen LogP contribution is -2.12. The number of methoxy groups -OCH3 is 3. The van der Waals surface area contributed by atoms with E-state index in [0.717, 1.165) is 34.8 Å². The van der Waals surface area contributed by atoms with E-state index in [0.29, 0.717) is 23.7 Å². The van der Waals surface area contributed by atoms with Crippen molar-refractivity contribution in [3.8, 4) is 28.7 Å². The van der Waals surface area contributed by atoms with Gasteiger partial charge in [-0.2, -0.15) is 0 Å². The molecule has 2 aliphatic heterocycles. The Hall–Kier alpha value is -3.09. The largest absolute Gasteiger partial charge is 0.493 e. The first kappa shape index (κ1) is 17.3. The van der Waals surface area contributed by atoms with Gasteiger partial charge in [-0.05, 0) is 29.8 Å². The molecule has 0 bridgehead atoms. The summed E-state index contributed by atoms with van der Waals surface area (Å²) in [4.78, 5) is 5.65. The molecule has 2 heterocycles. The van der Waals surface area contributed by atoms with Crippen LogP contribution in [-0.2, 0) is 11.3 Å². The molecule has 0 saturated carbocycles. The van der Waals surface area contributed by atoms with Crippen LogP contribution < -0.4 is 23.7 Å². The lowest BCUT2D eigenvalue weighted by Gasteiger charge is -2.14. The molecule has 0 aromatic heterocycles. The van der Waals surface area contributed by atoms with Gasteiger partial charge in [-0.3, -0.25) is 0 Å². The third-order valence-electron chi connectivity index (χ3n) is 4.63. The van der Waals surface area contributed by atoms with Crippen LogP contribution >= 0.6 is 0 Å². The van der Waals surface area contributed by atoms with E-state index >= 15 is 0 Å². The van der Waals surface area contributed by atoms with Crippen LogP contribution in [0, 0.1) is 0 Å². The van der Waals surface area contributed by atoms with Crippen molar-refractivity contribution in [3.05, 3.63) is 41.5 Å². The van der Waals surface area contributed by atoms with Gasteiger partial charge < -0.3 is 28.5 Å². The number of benzene rings is 2. The van der Waals surface area contributed by atoms with E-state index in [2.05, 4.69) is 5.16 Å². The van der Waals surface area contributed by atoms with Crippen LogP contribution in [0.2, 0.25) is 0 Å². The Morgan fingerprint density at radius 3 is 2.41 bits per heavy atom. The molecule has 7 nitrogen and oxygen atoms in total. The zero-order chi connectivity index (χ0) is 18.8. The highest BCUT2D eigenvalue weighted by Crippen LogP contribution is 2.39. The predicted molar refractivity (Wildman–Crippen MR) is 98.4 cm³/mol. The van der Waals surface area contributed by atoms with Crippen molar-refractivity contribution in [3.63, 3.8) is 0 Å². The summed E-state index contributed by atoms with van der Waals surface area (Å²) in [6, 6.07) is 9.70. The molecule has 2 aromatic carbocycles. The molecular weight excluding hydrogens is 350 g/mol. The fraction of sp³-hybridized carbons (Fsp3) is 0.350. The zero-order valence-electron chi connectivity index (χ0n) is 15.5. The number of hydrogen-bond donors (Lipinski definition) is 0. The van der Waals surface area contributed by atoms with E-state index in [-0.39, 0.29) is 12.9 Å². The number of nitrogens with zero attached hydrogens (tertiary/aromatic N) is 1. The van der Waals surface area contributed by atoms with Crippen LogP contribution in [-0.4, -0.2) is 39.9 Å². The zero-order valence-corrected chi connectivity index (χ0v) is 15.5. The van der Waals surface area contributed by atoms with E-state index in [1.54, 1.807) is 21.3 Å². The SMILES string of the molecule is COc1cc(C2=NO[C@@H](Cc3ccc4c(c3)OCO4)C2)cc(OC)c1OC. The van der Waals surface area contributed by atoms with Gasteiger partial charge in [0.1, 0.15) is 6.10 Å². The molecule has 27 heavy (non-hydrogen) atoms. The summed E-state index contributed by atoms with van der Waals surface area (Å²) in [6.07, 6.45) is 1.38. The number of rotatable bonds is 6. The molecule has 0 aliphatic carbocycles. The number of hydrogen-bond acceptors (Lipinski definition) is 7. The molecular formula is C20H21NO6. The first-order valence-corrected chi connectivity index (χ1v) is 8.63. The molecule has 0 saturated heterocycles. The van der Waals surface area contributed by atoms with Crippen molar-refractivity contribution in [2.75, 3.05) is 28.1 Å². The van der Waals surface area contributed by atoms with Gasteiger partial charge in [0.25, 0.3) is 0 Å². The summed E-state index contributed by atoms with van der Waals surface area (Å²) in [7, 11) is 4.77. The maximum absolute atomic E-state index is 5.65. The Morgan fingerprint density at radius 1 is 0.963 bits per heavy atom. The standard InChI is InChI=1S/C20H21NO6/c1-22-18-8-13(9-19(23-2)20(18)24-3)15-10-14(27-21-15)6-12-4-5-16-17(7-12)26-11-25-16/h4-5,7-9,14H,6,10-11H2,1-3H3/t14-/m0/s1. The second kappa shape index (κ2) is 7.26. The van der Waals surface area contributed by atoms with Crippen molar-refractivity contribution >= 4 is 5.71 Å². The highest BCUT2D eigenvalue weighted by atomic mass is 16.7. The average molecular weight is 371 g/mol. The quantitative estimate of drug-likeness (QED) is 0.777. The third-order valence-corrected chi connectivity index (χ3v) is 4.63. The topological polar surface area (TPSA) is 67.7 Å². The van der Waals surface area contributed by atoms with E-state index in [9.17, 15) is 0 Å². The maximum Gasteiger partial charge on any atom is 0.231 e. The van der Waals surface area contributed by atoms with Crippen molar-refractivity contribution in [1.82, 2.24) is 0 Å². The second-order valence-electron chi connectivity index (χ2n) is 6.28. The van der Waals surface area contributed by atoms with Gasteiger partial charge >= 0.3 is 0 Å². The second-order valence-corrected chi connectivity index (χ2v) is 6.28. The van der Waals surface area contributed by atoms with E-state index in [1.807, 2.05) is 30.3 Å². The Balaban J connectivity index is 1.49. The number of oxime groups is 1. The third kappa shape index (κ3) is 3.32. The molecule has 2 aromatic rings. The van der Waals surface area contributed by atoms with E-state index < -0.39 is 0 Å². The Bertz CT molecular complexity index is 854. The van der Waals surface area contributed by atoms with Crippen molar-refractivity contribution in [2.24, 2.45) is 5.16 Å². The average Bonchev–Trinajstić information content (AvgIpc) is 3.35. The first-order valence-electron chi connectivity index (χ1n) is 8.63. The van der Waals surface area contributed by atoms with E-state index in [4.69, 9.17) is 28.5 Å². The van der Waals surface area contributed by atoms with Crippen LogP contribution in [0.15, 0.2) is 35.5 Å². The molecule has 2 aliphatic rings. The maximum atomic E-state index is 5.65. The highest BCUT2D eigenvalue weighted by Gasteiger charge is 2.25. The summed E-state index contributed by atoms with van der Waals surface area (Å²) in [5.41, 5.74) is 2.85. The molecule has 7 heteroatoms. The van der Waals surface area contributed by atoms with Crippen LogP contribution in [0.4, 0.5) is 0 Å². The summed E-state index contributed by atoms with van der Waals surface area (Å²) in [5.74, 6) is 3.29. The fourth-order valence-corrected chi connectivity index (χ4v) is 3.29. The molecule has 0 spiro atoms. The molecule has 142 valence electrons. The van der Waals surface area contributed by atoms with Gasteiger partial charge in [-0.1, -0.05) is 11.2 Å². The number of fused-ring (bicyclic) bond motifs is 1. The molecule has 0 amide bonds. The monoisotopic (exact) mass is 371 g/mol. The Kier molecular flexibility index (Phi) is 4.66. The molecule has 0 fully saturated rings. The molecule has 1 atom stereocenters. The lowest BCUT2D eigenvalue weighted by atomic mass is 9.99. The molecule has 0 radical (unpaired) electrons. The molecule has 4 rings (SSSR count). The molecule has 0 unspecified atom stereocenters. The Morgan fingerprint density at radius 2 is 1.70 bits per heavy atom. The van der Waals surface area contributed by atoms with Crippen molar-refractivity contribution in [2.45, 2.75) is 18.9 Å². The van der Waals surface area contributed by atoms with Crippen LogP contribution in [0.25, 0.3) is 0 Å². The lowest BCUT2D eigenvalue weighted by molar-refractivity contribution is 0.0859. The summed E-state index contributed by atoms with van der Waals surface area (Å²) < 4.78 is 27.0. The minimum absolute atomic E-state index is 0.0422. The van der Waals surface area contributed by atoms with Gasteiger partial charge in [0.2, 0.25) is 12.5 Å². The predicted octanol–water partition coefficient (Wildman–Crippen LogP) is 3.18. The first-order chi connectivity index (χ1) is 13.2. The van der Waals surface area contributed by atoms with E-state index in [1.165, 1.54) is 0 Å². The summed E-state index contributed by atoms with van der Waals surface area (Å²) in [6.45, 7) is 0.271. The van der Waals surface area contributed by atoms with Crippen LogP contribution in [0.1, 0.15) is 17.5 Å². The Labute approximate surface area is 157 Å². The smallest absolute Gasteiger partial charge is 0.231 e. The van der Waals surface area contributed by atoms with Gasteiger partial charge in [-0.15, -0.1) is 0 Å². The number of ether oxygens (including phenoxy) is 5. The van der Waals surface area contributed by atoms with Crippen LogP contribution in [0.5, 0.6) is 28.7 Å². The summed E-state index contributed by atoms with van der Waals surface area (Å²) in [5, 5.41) is 4.27. The normalized spacial score (nSPS) is 17.3. The van der Waals surface area contributed by atoms with Gasteiger partial charge in [0.05, 0.1) is 27.0 Å². The summed E-state index contributed by atoms with van der Waals surface area (Å²) >= 11 is 0. The highest BCUT2D eigenvalue weighted by molar-refractivity contribution is 6.02. The minimum atomic E-state index is -0.0422. The van der Waals surface area contributed by atoms with Crippen LogP contribution in [0.3, 0.4) is 0 Å². The van der Waals surface area contributed by atoms with Gasteiger partial charge in [0.15, 0.2) is 23.0 Å². The minimum Gasteiger partial charge on any atom is -0.493 e. The van der Waals surface area contributed by atoms with Gasteiger partial charge in [-0.25, -0.2) is 0 Å². The van der Waals surface area contributed by atoms with Crippen molar-refractivity contribution in [1.29, 1.82) is 0 Å². The fourth-order valence-electron chi connectivity index (χ4n) is 3.29.